The molecule has 4 amide bonds. The van der Waals surface area contributed by atoms with Crippen LogP contribution in [-0.4, -0.2) is 33.5 Å². The van der Waals surface area contributed by atoms with Crippen molar-refractivity contribution in [2.24, 2.45) is 5.73 Å². The van der Waals surface area contributed by atoms with Gasteiger partial charge in [-0.3, -0.25) is 4.79 Å². The maximum atomic E-state index is 13.2. The predicted molar refractivity (Wildman–Crippen MR) is 112 cm³/mol. The first-order chi connectivity index (χ1) is 13.9. The molecule has 0 unspecified atom stereocenters. The Hall–Kier alpha value is -3.42. The molecule has 3 rings (SSSR count). The Morgan fingerprint density at radius 3 is 2.33 bits per heavy atom. The molecule has 0 bridgehead atoms. The van der Waals surface area contributed by atoms with E-state index in [-0.39, 0.29) is 23.7 Å². The van der Waals surface area contributed by atoms with E-state index in [2.05, 4.69) is 25.8 Å². The number of urea groups is 1. The second-order valence-electron chi connectivity index (χ2n) is 8.79. The SMILES string of the molecule is CC(C)(C)c1ccc(N2C(=O)N(Cc3ccnc(OC(N)=O)c3)C(C)(C)C2=O)cc1. The fraction of sp³-hybridized carbons (Fsp3) is 0.364. The van der Waals surface area contributed by atoms with Gasteiger partial charge in [0.1, 0.15) is 5.54 Å². The standard InChI is InChI=1S/C22H26N4O4/c1-21(2,3)15-6-8-16(9-7-15)26-18(27)22(4,5)25(20(26)29)13-14-10-11-24-17(12-14)30-19(23)28/h6-12H,13H2,1-5H3,(H2,23,28). The molecule has 1 fully saturated rings. The molecule has 0 spiro atoms. The number of carbonyl (C=O) groups is 3. The molecule has 1 aromatic carbocycles. The van der Waals surface area contributed by atoms with Gasteiger partial charge in [-0.2, -0.15) is 0 Å². The molecule has 1 aliphatic heterocycles. The van der Waals surface area contributed by atoms with Gasteiger partial charge in [0.25, 0.3) is 5.91 Å². The van der Waals surface area contributed by atoms with Gasteiger partial charge >= 0.3 is 12.1 Å². The zero-order valence-corrected chi connectivity index (χ0v) is 17.8. The monoisotopic (exact) mass is 410 g/mol. The van der Waals surface area contributed by atoms with E-state index >= 15 is 0 Å². The van der Waals surface area contributed by atoms with Gasteiger partial charge in [-0.05, 0) is 48.6 Å². The van der Waals surface area contributed by atoms with E-state index in [1.165, 1.54) is 22.1 Å². The maximum absolute atomic E-state index is 13.2. The summed E-state index contributed by atoms with van der Waals surface area (Å²) in [6, 6.07) is 10.2. The molecule has 8 nitrogen and oxygen atoms in total. The molecule has 1 aromatic heterocycles. The number of amides is 4. The second-order valence-corrected chi connectivity index (χ2v) is 8.79. The van der Waals surface area contributed by atoms with Crippen molar-refractivity contribution in [2.75, 3.05) is 4.90 Å². The quantitative estimate of drug-likeness (QED) is 0.776. The smallest absolute Gasteiger partial charge is 0.391 e. The van der Waals surface area contributed by atoms with Crippen LogP contribution in [0.25, 0.3) is 0 Å². The zero-order valence-electron chi connectivity index (χ0n) is 17.8. The Morgan fingerprint density at radius 2 is 1.77 bits per heavy atom. The van der Waals surface area contributed by atoms with E-state index in [1.54, 1.807) is 32.0 Å². The first-order valence-corrected chi connectivity index (χ1v) is 9.60. The Bertz CT molecular complexity index is 993. The second kappa shape index (κ2) is 7.44. The number of anilines is 1. The minimum atomic E-state index is -1.05. The fourth-order valence-corrected chi connectivity index (χ4v) is 3.33. The lowest BCUT2D eigenvalue weighted by molar-refractivity contribution is -0.123. The van der Waals surface area contributed by atoms with Crippen LogP contribution in [0.1, 0.15) is 45.7 Å². The number of hydrogen-bond acceptors (Lipinski definition) is 5. The topological polar surface area (TPSA) is 106 Å². The number of pyridine rings is 1. The van der Waals surface area contributed by atoms with Gasteiger partial charge in [0, 0.05) is 18.8 Å². The van der Waals surface area contributed by atoms with Crippen LogP contribution in [0.4, 0.5) is 15.3 Å². The number of nitrogens with two attached hydrogens (primary N) is 1. The van der Waals surface area contributed by atoms with Crippen LogP contribution >= 0.6 is 0 Å². The minimum Gasteiger partial charge on any atom is -0.391 e. The van der Waals surface area contributed by atoms with Gasteiger partial charge in [-0.1, -0.05) is 32.9 Å². The number of imide groups is 1. The summed E-state index contributed by atoms with van der Waals surface area (Å²) in [5.41, 5.74) is 6.24. The van der Waals surface area contributed by atoms with Gasteiger partial charge in [0.2, 0.25) is 5.88 Å². The van der Waals surface area contributed by atoms with Crippen molar-refractivity contribution in [3.63, 3.8) is 0 Å². The Kier molecular flexibility index (Phi) is 5.28. The highest BCUT2D eigenvalue weighted by Crippen LogP contribution is 2.34. The van der Waals surface area contributed by atoms with Crippen LogP contribution in [-0.2, 0) is 16.8 Å². The maximum Gasteiger partial charge on any atom is 0.411 e. The lowest BCUT2D eigenvalue weighted by Gasteiger charge is -2.27. The summed E-state index contributed by atoms with van der Waals surface area (Å²) >= 11 is 0. The average Bonchev–Trinajstić information content (AvgIpc) is 2.81. The molecule has 0 saturated carbocycles. The highest BCUT2D eigenvalue weighted by atomic mass is 16.6. The van der Waals surface area contributed by atoms with E-state index in [4.69, 9.17) is 10.5 Å². The third-order valence-electron chi connectivity index (χ3n) is 5.16. The average molecular weight is 410 g/mol. The molecule has 2 aromatic rings. The first kappa shape index (κ1) is 21.3. The highest BCUT2D eigenvalue weighted by molar-refractivity contribution is 6.22. The van der Waals surface area contributed by atoms with Crippen LogP contribution in [0, 0.1) is 0 Å². The Balaban J connectivity index is 1.88. The number of nitrogens with zero attached hydrogens (tertiary/aromatic N) is 3. The lowest BCUT2D eigenvalue weighted by atomic mass is 9.87. The number of carbonyl (C=O) groups excluding carboxylic acids is 3. The zero-order chi connectivity index (χ0) is 22.3. The van der Waals surface area contributed by atoms with Gasteiger partial charge in [-0.25, -0.2) is 19.5 Å². The van der Waals surface area contributed by atoms with Crippen molar-refractivity contribution in [2.45, 2.75) is 52.1 Å². The molecule has 0 atom stereocenters. The third-order valence-corrected chi connectivity index (χ3v) is 5.16. The van der Waals surface area contributed by atoms with Crippen molar-refractivity contribution < 1.29 is 19.1 Å². The summed E-state index contributed by atoms with van der Waals surface area (Å²) in [4.78, 5) is 43.8. The van der Waals surface area contributed by atoms with E-state index in [0.29, 0.717) is 11.3 Å². The lowest BCUT2D eigenvalue weighted by Crippen LogP contribution is -2.43. The summed E-state index contributed by atoms with van der Waals surface area (Å²) in [5, 5.41) is 0. The Labute approximate surface area is 175 Å². The minimum absolute atomic E-state index is 0.0328. The summed E-state index contributed by atoms with van der Waals surface area (Å²) in [6.07, 6.45) is 0.476. The summed E-state index contributed by atoms with van der Waals surface area (Å²) in [7, 11) is 0. The molecule has 158 valence electrons. The molecule has 0 radical (unpaired) electrons. The largest absolute Gasteiger partial charge is 0.411 e. The van der Waals surface area contributed by atoms with Gasteiger partial charge < -0.3 is 15.4 Å². The van der Waals surface area contributed by atoms with E-state index in [0.717, 1.165) is 5.56 Å². The van der Waals surface area contributed by atoms with Crippen molar-refractivity contribution >= 4 is 23.7 Å². The number of benzene rings is 1. The molecule has 1 saturated heterocycles. The molecular formula is C22H26N4O4. The van der Waals surface area contributed by atoms with Crippen LogP contribution in [0.3, 0.4) is 0 Å². The molecule has 2 N–H and O–H groups in total. The fourth-order valence-electron chi connectivity index (χ4n) is 3.33. The van der Waals surface area contributed by atoms with Crippen molar-refractivity contribution in [3.05, 3.63) is 53.7 Å². The normalized spacial score (nSPS) is 16.2. The van der Waals surface area contributed by atoms with Crippen LogP contribution in [0.15, 0.2) is 42.6 Å². The van der Waals surface area contributed by atoms with Crippen molar-refractivity contribution in [1.29, 1.82) is 0 Å². The van der Waals surface area contributed by atoms with Crippen LogP contribution in [0.5, 0.6) is 5.88 Å². The van der Waals surface area contributed by atoms with Gasteiger partial charge in [-0.15, -0.1) is 0 Å². The summed E-state index contributed by atoms with van der Waals surface area (Å²) < 4.78 is 4.80. The predicted octanol–water partition coefficient (Wildman–Crippen LogP) is 3.58. The number of primary amides is 1. The number of hydrogen-bond donors (Lipinski definition) is 1. The van der Waals surface area contributed by atoms with E-state index in [1.807, 2.05) is 12.1 Å². The van der Waals surface area contributed by atoms with Gasteiger partial charge in [0.15, 0.2) is 0 Å². The van der Waals surface area contributed by atoms with Gasteiger partial charge in [0.05, 0.1) is 5.69 Å². The molecule has 1 aliphatic rings. The first-order valence-electron chi connectivity index (χ1n) is 9.60. The number of rotatable bonds is 4. The van der Waals surface area contributed by atoms with Crippen molar-refractivity contribution in [3.8, 4) is 5.88 Å². The number of ether oxygens (including phenoxy) is 1. The van der Waals surface area contributed by atoms with E-state index < -0.39 is 17.7 Å². The molecule has 0 aliphatic carbocycles. The van der Waals surface area contributed by atoms with Crippen LogP contribution in [0.2, 0.25) is 0 Å². The molecule has 2 heterocycles. The molecule has 8 heteroatoms. The van der Waals surface area contributed by atoms with Crippen molar-refractivity contribution in [1.82, 2.24) is 9.88 Å². The highest BCUT2D eigenvalue weighted by Gasteiger charge is 2.51. The molecular weight excluding hydrogens is 384 g/mol. The third kappa shape index (κ3) is 3.98. The van der Waals surface area contributed by atoms with E-state index in [9.17, 15) is 14.4 Å². The summed E-state index contributed by atoms with van der Waals surface area (Å²) in [5.74, 6) is -0.274. The molecule has 30 heavy (non-hydrogen) atoms. The summed E-state index contributed by atoms with van der Waals surface area (Å²) in [6.45, 7) is 9.86. The van der Waals surface area contributed by atoms with Crippen LogP contribution < -0.4 is 15.4 Å². The Morgan fingerprint density at radius 1 is 1.13 bits per heavy atom. The number of aromatic nitrogens is 1.